The summed E-state index contributed by atoms with van der Waals surface area (Å²) >= 11 is 7.50. The number of carboxylic acid groups (broad SMARTS) is 1. The van der Waals surface area contributed by atoms with Gasteiger partial charge in [-0.2, -0.15) is 0 Å². The van der Waals surface area contributed by atoms with Crippen LogP contribution >= 0.6 is 22.9 Å². The zero-order chi connectivity index (χ0) is 21.5. The van der Waals surface area contributed by atoms with Crippen molar-refractivity contribution in [2.24, 2.45) is 5.92 Å². The first-order valence-electron chi connectivity index (χ1n) is 9.38. The molecule has 0 spiro atoms. The van der Waals surface area contributed by atoms with E-state index in [1.807, 2.05) is 48.5 Å². The Balaban J connectivity index is 1.89. The second-order valence-electron chi connectivity index (χ2n) is 6.69. The van der Waals surface area contributed by atoms with Crippen LogP contribution in [0.1, 0.15) is 12.0 Å². The van der Waals surface area contributed by atoms with Gasteiger partial charge < -0.3 is 10.2 Å². The Bertz CT molecular complexity index is 1010. The van der Waals surface area contributed by atoms with Gasteiger partial charge in [-0.3, -0.25) is 14.5 Å². The van der Waals surface area contributed by atoms with Crippen LogP contribution in [0, 0.1) is 5.92 Å². The molecule has 0 aliphatic rings. The molecule has 0 saturated heterocycles. The number of aromatic nitrogens is 1. The Hall–Kier alpha value is -2.74. The molecule has 6 nitrogen and oxygen atoms in total. The highest BCUT2D eigenvalue weighted by molar-refractivity contribution is 7.14. The molecule has 1 amide bonds. The van der Waals surface area contributed by atoms with Crippen LogP contribution in [0.4, 0.5) is 5.13 Å². The van der Waals surface area contributed by atoms with Crippen molar-refractivity contribution in [2.75, 3.05) is 18.1 Å². The molecule has 0 radical (unpaired) electrons. The summed E-state index contributed by atoms with van der Waals surface area (Å²) in [6, 6.07) is 16.5. The van der Waals surface area contributed by atoms with Crippen LogP contribution in [-0.2, 0) is 16.0 Å². The summed E-state index contributed by atoms with van der Waals surface area (Å²) in [5.41, 5.74) is 2.23. The average molecular weight is 445 g/mol. The van der Waals surface area contributed by atoms with Crippen LogP contribution < -0.4 is 4.90 Å². The Kier molecular flexibility index (Phi) is 7.57. The highest BCUT2D eigenvalue weighted by atomic mass is 35.5. The summed E-state index contributed by atoms with van der Waals surface area (Å²) in [7, 11) is 0. The molecule has 1 atom stereocenters. The van der Waals surface area contributed by atoms with Crippen LogP contribution in [0.15, 0.2) is 60.0 Å². The Morgan fingerprint density at radius 2 is 1.80 bits per heavy atom. The zero-order valence-electron chi connectivity index (χ0n) is 16.1. The third-order valence-electron chi connectivity index (χ3n) is 4.56. The molecule has 0 aliphatic carbocycles. The molecule has 0 bridgehead atoms. The standard InChI is InChI=1S/C22H21ClN2O4S/c23-18-9-5-4-8-17(18)19-14-30-22(24-19)25(10-11-26)21(29)16(13-20(27)28)12-15-6-2-1-3-7-15/h1-9,14,16,26H,10-13H2,(H,27,28)/t16-/m1/s1. The van der Waals surface area contributed by atoms with Crippen molar-refractivity contribution in [3.63, 3.8) is 0 Å². The highest BCUT2D eigenvalue weighted by Gasteiger charge is 2.29. The molecule has 30 heavy (non-hydrogen) atoms. The van der Waals surface area contributed by atoms with Gasteiger partial charge in [0.05, 0.1) is 31.2 Å². The van der Waals surface area contributed by atoms with Gasteiger partial charge in [0, 0.05) is 16.0 Å². The van der Waals surface area contributed by atoms with Crippen molar-refractivity contribution in [3.8, 4) is 11.3 Å². The number of aliphatic hydroxyl groups excluding tert-OH is 1. The van der Waals surface area contributed by atoms with Gasteiger partial charge in [0.25, 0.3) is 0 Å². The molecule has 2 aromatic carbocycles. The fourth-order valence-electron chi connectivity index (χ4n) is 3.16. The van der Waals surface area contributed by atoms with Crippen molar-refractivity contribution in [1.82, 2.24) is 4.98 Å². The summed E-state index contributed by atoms with van der Waals surface area (Å²) < 4.78 is 0. The fourth-order valence-corrected chi connectivity index (χ4v) is 4.25. The van der Waals surface area contributed by atoms with Crippen molar-refractivity contribution >= 4 is 39.9 Å². The van der Waals surface area contributed by atoms with E-state index < -0.39 is 11.9 Å². The number of thiazole rings is 1. The lowest BCUT2D eigenvalue weighted by Gasteiger charge is -2.24. The van der Waals surface area contributed by atoms with E-state index in [4.69, 9.17) is 11.6 Å². The number of hydrogen-bond acceptors (Lipinski definition) is 5. The maximum Gasteiger partial charge on any atom is 0.304 e. The first-order chi connectivity index (χ1) is 14.5. The van der Waals surface area contributed by atoms with Crippen molar-refractivity contribution in [1.29, 1.82) is 0 Å². The molecule has 0 fully saturated rings. The predicted molar refractivity (Wildman–Crippen MR) is 118 cm³/mol. The number of halogens is 1. The Morgan fingerprint density at radius 3 is 2.47 bits per heavy atom. The van der Waals surface area contributed by atoms with E-state index in [1.54, 1.807) is 11.4 Å². The quantitative estimate of drug-likeness (QED) is 0.518. The van der Waals surface area contributed by atoms with Crippen molar-refractivity contribution in [2.45, 2.75) is 12.8 Å². The third kappa shape index (κ3) is 5.44. The summed E-state index contributed by atoms with van der Waals surface area (Å²) in [5.74, 6) is -2.21. The van der Waals surface area contributed by atoms with Gasteiger partial charge in [-0.25, -0.2) is 4.98 Å². The van der Waals surface area contributed by atoms with Crippen molar-refractivity contribution < 1.29 is 19.8 Å². The predicted octanol–water partition coefficient (Wildman–Crippen LogP) is 4.12. The van der Waals surface area contributed by atoms with Gasteiger partial charge in [-0.15, -0.1) is 11.3 Å². The molecular formula is C22H21ClN2O4S. The van der Waals surface area contributed by atoms with E-state index in [2.05, 4.69) is 4.98 Å². The normalized spacial score (nSPS) is 11.8. The van der Waals surface area contributed by atoms with E-state index >= 15 is 0 Å². The summed E-state index contributed by atoms with van der Waals surface area (Å²) in [6.07, 6.45) is -0.0188. The maximum absolute atomic E-state index is 13.3. The second kappa shape index (κ2) is 10.3. The number of carbonyl (C=O) groups excluding carboxylic acids is 1. The minimum Gasteiger partial charge on any atom is -0.481 e. The molecule has 1 aromatic heterocycles. The van der Waals surface area contributed by atoms with Gasteiger partial charge >= 0.3 is 5.97 Å². The molecule has 0 aliphatic heterocycles. The van der Waals surface area contributed by atoms with Crippen LogP contribution in [0.5, 0.6) is 0 Å². The highest BCUT2D eigenvalue weighted by Crippen LogP contribution is 2.32. The number of amides is 1. The van der Waals surface area contributed by atoms with Crippen LogP contribution in [0.3, 0.4) is 0 Å². The molecular weight excluding hydrogens is 424 g/mol. The van der Waals surface area contributed by atoms with Crippen LogP contribution in [0.25, 0.3) is 11.3 Å². The minimum atomic E-state index is -1.05. The minimum absolute atomic E-state index is 0.0270. The molecule has 1 heterocycles. The van der Waals surface area contributed by atoms with Crippen LogP contribution in [0.2, 0.25) is 5.02 Å². The number of aliphatic carboxylic acids is 1. The van der Waals surface area contributed by atoms with Gasteiger partial charge in [0.15, 0.2) is 5.13 Å². The molecule has 0 saturated carbocycles. The molecule has 2 N–H and O–H groups in total. The second-order valence-corrected chi connectivity index (χ2v) is 7.94. The molecule has 0 unspecified atom stereocenters. The van der Waals surface area contributed by atoms with Gasteiger partial charge in [0.2, 0.25) is 5.91 Å². The lowest BCUT2D eigenvalue weighted by Crippen LogP contribution is -2.39. The first kappa shape index (κ1) is 22.0. The topological polar surface area (TPSA) is 90.7 Å². The summed E-state index contributed by atoms with van der Waals surface area (Å²) in [6.45, 7) is -0.239. The number of hydrogen-bond donors (Lipinski definition) is 2. The maximum atomic E-state index is 13.3. The average Bonchev–Trinajstić information content (AvgIpc) is 3.21. The van der Waals surface area contributed by atoms with Gasteiger partial charge in [-0.1, -0.05) is 60.1 Å². The molecule has 156 valence electrons. The fraction of sp³-hybridized carbons (Fsp3) is 0.227. The van der Waals surface area contributed by atoms with E-state index in [-0.39, 0.29) is 31.9 Å². The van der Waals surface area contributed by atoms with E-state index in [0.717, 1.165) is 11.1 Å². The number of anilines is 1. The molecule has 3 aromatic rings. The van der Waals surface area contributed by atoms with Crippen molar-refractivity contribution in [3.05, 3.63) is 70.6 Å². The number of rotatable bonds is 9. The lowest BCUT2D eigenvalue weighted by atomic mass is 9.95. The smallest absolute Gasteiger partial charge is 0.304 e. The van der Waals surface area contributed by atoms with E-state index in [9.17, 15) is 19.8 Å². The SMILES string of the molecule is O=C(O)C[C@@H](Cc1ccccc1)C(=O)N(CCO)c1nc(-c2ccccc2Cl)cs1. The summed E-state index contributed by atoms with van der Waals surface area (Å²) in [4.78, 5) is 30.6. The first-order valence-corrected chi connectivity index (χ1v) is 10.6. The number of benzene rings is 2. The Labute approximate surface area is 183 Å². The van der Waals surface area contributed by atoms with E-state index in [0.29, 0.717) is 15.8 Å². The Morgan fingerprint density at radius 1 is 1.10 bits per heavy atom. The molecule has 8 heteroatoms. The number of nitrogens with zero attached hydrogens (tertiary/aromatic N) is 2. The molecule has 3 rings (SSSR count). The summed E-state index contributed by atoms with van der Waals surface area (Å²) in [5, 5.41) is 21.6. The van der Waals surface area contributed by atoms with Gasteiger partial charge in [-0.05, 0) is 18.1 Å². The number of carboxylic acids is 1. The largest absolute Gasteiger partial charge is 0.481 e. The van der Waals surface area contributed by atoms with Crippen LogP contribution in [-0.4, -0.2) is 40.2 Å². The lowest BCUT2D eigenvalue weighted by molar-refractivity contribution is -0.140. The van der Waals surface area contributed by atoms with E-state index in [1.165, 1.54) is 16.2 Å². The monoisotopic (exact) mass is 444 g/mol. The number of carbonyl (C=O) groups is 2. The third-order valence-corrected chi connectivity index (χ3v) is 5.75. The number of aliphatic hydroxyl groups is 1. The van der Waals surface area contributed by atoms with Gasteiger partial charge in [0.1, 0.15) is 0 Å². The zero-order valence-corrected chi connectivity index (χ0v) is 17.6.